The maximum absolute atomic E-state index is 12.8. The van der Waals surface area contributed by atoms with Crippen molar-refractivity contribution in [2.75, 3.05) is 13.2 Å². The van der Waals surface area contributed by atoms with Crippen molar-refractivity contribution in [3.63, 3.8) is 0 Å². The van der Waals surface area contributed by atoms with Crippen molar-refractivity contribution < 1.29 is 15.0 Å². The van der Waals surface area contributed by atoms with E-state index in [0.717, 1.165) is 11.1 Å². The zero-order valence-corrected chi connectivity index (χ0v) is 13.4. The van der Waals surface area contributed by atoms with Crippen molar-refractivity contribution in [2.45, 2.75) is 6.04 Å². The van der Waals surface area contributed by atoms with Crippen molar-refractivity contribution in [3.8, 4) is 17.0 Å². The Morgan fingerprint density at radius 3 is 2.52 bits per heavy atom. The van der Waals surface area contributed by atoms with Gasteiger partial charge >= 0.3 is 0 Å². The van der Waals surface area contributed by atoms with Crippen LogP contribution in [0.15, 0.2) is 54.6 Å². The fourth-order valence-electron chi connectivity index (χ4n) is 3.40. The van der Waals surface area contributed by atoms with Gasteiger partial charge in [-0.25, -0.2) is 0 Å². The molecule has 6 heteroatoms. The maximum Gasteiger partial charge on any atom is 0.273 e. The summed E-state index contributed by atoms with van der Waals surface area (Å²) in [5, 5.41) is 26.7. The van der Waals surface area contributed by atoms with E-state index >= 15 is 0 Å². The van der Waals surface area contributed by atoms with Gasteiger partial charge in [-0.05, 0) is 17.7 Å². The second-order valence-electron chi connectivity index (χ2n) is 5.91. The number of nitrogens with zero attached hydrogens (tertiary/aromatic N) is 2. The number of H-pyrrole nitrogens is 1. The Balaban J connectivity index is 1.92. The van der Waals surface area contributed by atoms with E-state index in [1.807, 2.05) is 36.4 Å². The minimum atomic E-state index is -0.357. The first-order valence-electron chi connectivity index (χ1n) is 8.05. The van der Waals surface area contributed by atoms with Crippen LogP contribution in [-0.4, -0.2) is 44.4 Å². The summed E-state index contributed by atoms with van der Waals surface area (Å²) >= 11 is 0. The lowest BCUT2D eigenvalue weighted by atomic mass is 9.96. The van der Waals surface area contributed by atoms with Crippen LogP contribution < -0.4 is 0 Å². The minimum Gasteiger partial charge on any atom is -0.507 e. The van der Waals surface area contributed by atoms with Gasteiger partial charge in [-0.15, -0.1) is 0 Å². The van der Waals surface area contributed by atoms with Gasteiger partial charge in [-0.3, -0.25) is 9.89 Å². The Hall–Kier alpha value is -3.12. The molecule has 1 amide bonds. The molecule has 126 valence electrons. The number of aromatic nitrogens is 2. The summed E-state index contributed by atoms with van der Waals surface area (Å²) in [6, 6.07) is 16.2. The van der Waals surface area contributed by atoms with Gasteiger partial charge in [0.15, 0.2) is 0 Å². The molecule has 3 N–H and O–H groups in total. The average Bonchev–Trinajstić information content (AvgIpc) is 3.17. The molecule has 1 aliphatic heterocycles. The van der Waals surface area contributed by atoms with E-state index in [-0.39, 0.29) is 30.9 Å². The molecule has 3 aromatic rings. The number of hydrogen-bond donors (Lipinski definition) is 3. The van der Waals surface area contributed by atoms with Crippen LogP contribution in [0, 0.1) is 0 Å². The van der Waals surface area contributed by atoms with Crippen LogP contribution in [0.1, 0.15) is 27.7 Å². The number of aliphatic hydroxyl groups excluding tert-OH is 1. The number of carbonyl (C=O) groups excluding carboxylic acids is 1. The smallest absolute Gasteiger partial charge is 0.273 e. The molecule has 0 fully saturated rings. The third-order valence-corrected chi connectivity index (χ3v) is 4.48. The van der Waals surface area contributed by atoms with Crippen molar-refractivity contribution in [2.24, 2.45) is 0 Å². The molecule has 2 heterocycles. The second-order valence-corrected chi connectivity index (χ2v) is 5.91. The fourth-order valence-corrected chi connectivity index (χ4v) is 3.40. The molecule has 2 aromatic carbocycles. The number of aliphatic hydroxyl groups is 1. The molecule has 0 radical (unpaired) electrons. The Labute approximate surface area is 144 Å². The highest BCUT2D eigenvalue weighted by molar-refractivity contribution is 6.00. The molecule has 4 rings (SSSR count). The molecule has 0 saturated carbocycles. The zero-order chi connectivity index (χ0) is 17.4. The molecule has 0 spiro atoms. The van der Waals surface area contributed by atoms with Crippen molar-refractivity contribution in [1.82, 2.24) is 15.1 Å². The summed E-state index contributed by atoms with van der Waals surface area (Å²) in [7, 11) is 0. The van der Waals surface area contributed by atoms with Gasteiger partial charge in [0.25, 0.3) is 5.91 Å². The number of rotatable bonds is 4. The zero-order valence-electron chi connectivity index (χ0n) is 13.4. The Kier molecular flexibility index (Phi) is 3.74. The minimum absolute atomic E-state index is 0.108. The number of hydrogen-bond acceptors (Lipinski definition) is 4. The maximum atomic E-state index is 12.8. The highest BCUT2D eigenvalue weighted by atomic mass is 16.3. The van der Waals surface area contributed by atoms with Gasteiger partial charge in [0, 0.05) is 17.7 Å². The number of fused-ring (bicyclic) bond motifs is 1. The van der Waals surface area contributed by atoms with Crippen LogP contribution in [0.25, 0.3) is 11.3 Å². The van der Waals surface area contributed by atoms with Gasteiger partial charge in [-0.2, -0.15) is 5.10 Å². The lowest BCUT2D eigenvalue weighted by Crippen LogP contribution is -2.32. The van der Waals surface area contributed by atoms with Gasteiger partial charge in [-0.1, -0.05) is 42.5 Å². The molecule has 0 unspecified atom stereocenters. The monoisotopic (exact) mass is 335 g/mol. The summed E-state index contributed by atoms with van der Waals surface area (Å²) in [4.78, 5) is 14.4. The number of amides is 1. The standard InChI is InChI=1S/C19H17N3O3/c23-11-10-22-18(12-6-2-1-3-7-12)15-16(20-21-17(15)19(22)25)13-8-4-5-9-14(13)24/h1-9,18,23-24H,10-11H2,(H,20,21)/t18-/m0/s1. The Bertz CT molecular complexity index is 921. The third-order valence-electron chi connectivity index (χ3n) is 4.48. The summed E-state index contributed by atoms with van der Waals surface area (Å²) in [6.07, 6.45) is 0. The van der Waals surface area contributed by atoms with Crippen LogP contribution in [0.5, 0.6) is 5.75 Å². The summed E-state index contributed by atoms with van der Waals surface area (Å²) in [6.45, 7) is 0.0970. The summed E-state index contributed by atoms with van der Waals surface area (Å²) in [5.41, 5.74) is 3.18. The molecule has 0 aliphatic carbocycles. The van der Waals surface area contributed by atoms with Crippen LogP contribution in [0.3, 0.4) is 0 Å². The molecule has 6 nitrogen and oxygen atoms in total. The Morgan fingerprint density at radius 2 is 1.80 bits per heavy atom. The van der Waals surface area contributed by atoms with E-state index in [1.165, 1.54) is 0 Å². The largest absolute Gasteiger partial charge is 0.507 e. The van der Waals surface area contributed by atoms with Crippen molar-refractivity contribution >= 4 is 5.91 Å². The van der Waals surface area contributed by atoms with E-state index < -0.39 is 0 Å². The first-order valence-corrected chi connectivity index (χ1v) is 8.05. The van der Waals surface area contributed by atoms with E-state index in [9.17, 15) is 15.0 Å². The fraction of sp³-hybridized carbons (Fsp3) is 0.158. The van der Waals surface area contributed by atoms with Crippen LogP contribution in [0.2, 0.25) is 0 Å². The van der Waals surface area contributed by atoms with E-state index in [4.69, 9.17) is 0 Å². The number of carbonyl (C=O) groups is 1. The van der Waals surface area contributed by atoms with Crippen molar-refractivity contribution in [3.05, 3.63) is 71.4 Å². The molecule has 1 aromatic heterocycles. The average molecular weight is 335 g/mol. The molecule has 0 saturated heterocycles. The molecular weight excluding hydrogens is 318 g/mol. The quantitative estimate of drug-likeness (QED) is 0.682. The second kappa shape index (κ2) is 6.07. The van der Waals surface area contributed by atoms with Crippen LogP contribution >= 0.6 is 0 Å². The number of nitrogens with one attached hydrogen (secondary N) is 1. The van der Waals surface area contributed by atoms with Gasteiger partial charge in [0.2, 0.25) is 0 Å². The number of aromatic amines is 1. The number of para-hydroxylation sites is 1. The molecule has 1 aliphatic rings. The number of aromatic hydroxyl groups is 1. The Morgan fingerprint density at radius 1 is 1.08 bits per heavy atom. The highest BCUT2D eigenvalue weighted by Gasteiger charge is 2.42. The number of β-amino-alcohol motifs (C(OH)–C–C–N with tert-alkyl or cyclic N) is 1. The van der Waals surface area contributed by atoms with Gasteiger partial charge in [0.1, 0.15) is 17.1 Å². The first kappa shape index (κ1) is 15.4. The molecule has 1 atom stereocenters. The topological polar surface area (TPSA) is 89.5 Å². The van der Waals surface area contributed by atoms with Crippen molar-refractivity contribution in [1.29, 1.82) is 0 Å². The SMILES string of the molecule is O=C1c2[nH]nc(-c3ccccc3O)c2[C@H](c2ccccc2)N1CCO. The van der Waals surface area contributed by atoms with Crippen LogP contribution in [0.4, 0.5) is 0 Å². The van der Waals surface area contributed by atoms with Gasteiger partial charge < -0.3 is 15.1 Å². The third kappa shape index (κ3) is 2.38. The summed E-state index contributed by atoms with van der Waals surface area (Å²) < 4.78 is 0. The molecule has 0 bridgehead atoms. The number of benzene rings is 2. The number of phenolic OH excluding ortho intramolecular Hbond substituents is 1. The predicted molar refractivity (Wildman–Crippen MR) is 92.1 cm³/mol. The number of phenols is 1. The lowest BCUT2D eigenvalue weighted by Gasteiger charge is -2.25. The molecular formula is C19H17N3O3. The van der Waals surface area contributed by atoms with E-state index in [2.05, 4.69) is 10.2 Å². The normalized spacial score (nSPS) is 16.3. The predicted octanol–water partition coefficient (Wildman–Crippen LogP) is 2.32. The highest BCUT2D eigenvalue weighted by Crippen LogP contribution is 2.43. The first-order chi connectivity index (χ1) is 12.2. The van der Waals surface area contributed by atoms with Gasteiger partial charge in [0.05, 0.1) is 12.6 Å². The van der Waals surface area contributed by atoms with Crippen LogP contribution in [-0.2, 0) is 0 Å². The summed E-state index contributed by atoms with van der Waals surface area (Å²) in [5.74, 6) is -0.0938. The molecule has 25 heavy (non-hydrogen) atoms. The van der Waals surface area contributed by atoms with E-state index in [1.54, 1.807) is 23.1 Å². The van der Waals surface area contributed by atoms with E-state index in [0.29, 0.717) is 17.0 Å². The lowest BCUT2D eigenvalue weighted by molar-refractivity contribution is 0.0706.